The Morgan fingerprint density at radius 3 is 2.42 bits per heavy atom. The monoisotopic (exact) mass is 573 g/mol. The maximum atomic E-state index is 13.1. The first-order valence-corrected chi connectivity index (χ1v) is 13.3. The van der Waals surface area contributed by atoms with Crippen molar-refractivity contribution in [1.29, 1.82) is 0 Å². The van der Waals surface area contributed by atoms with Crippen molar-refractivity contribution in [2.24, 2.45) is 10.2 Å². The molecule has 4 aromatic rings. The first-order chi connectivity index (χ1) is 18.0. The Kier molecular flexibility index (Phi) is 7.89. The third-order valence-corrected chi connectivity index (χ3v) is 7.31. The summed E-state index contributed by atoms with van der Waals surface area (Å²) in [5, 5.41) is 22.9. The number of nitrogens with zero attached hydrogens (tertiary/aromatic N) is 2. The lowest BCUT2D eigenvalue weighted by Gasteiger charge is -2.12. The Hall–Kier alpha value is -3.70. The molecule has 1 amide bonds. The summed E-state index contributed by atoms with van der Waals surface area (Å²) in [6, 6.07) is 15.8. The quantitative estimate of drug-likeness (QED) is 0.156. The van der Waals surface area contributed by atoms with Crippen LogP contribution in [0.15, 0.2) is 75.8 Å². The predicted molar refractivity (Wildman–Crippen MR) is 146 cm³/mol. The van der Waals surface area contributed by atoms with Crippen LogP contribution in [0.25, 0.3) is 10.8 Å². The molecule has 0 atom stereocenters. The number of phenols is 1. The molecule has 196 valence electrons. The van der Waals surface area contributed by atoms with Crippen LogP contribution in [0.3, 0.4) is 0 Å². The number of phenolic OH excluding ortho intramolecular Hbond substituents is 1. The van der Waals surface area contributed by atoms with Gasteiger partial charge in [-0.2, -0.15) is 8.42 Å². The Bertz CT molecular complexity index is 1710. The van der Waals surface area contributed by atoms with E-state index in [1.54, 1.807) is 36.4 Å². The molecule has 0 fully saturated rings. The number of carbonyl (C=O) groups excluding carboxylic acids is 1. The zero-order valence-corrected chi connectivity index (χ0v) is 22.4. The van der Waals surface area contributed by atoms with Gasteiger partial charge in [0.2, 0.25) is 0 Å². The van der Waals surface area contributed by atoms with Gasteiger partial charge in [-0.3, -0.25) is 9.35 Å². The minimum Gasteiger partial charge on any atom is -0.505 e. The molecule has 12 heteroatoms. The van der Waals surface area contributed by atoms with Crippen molar-refractivity contribution < 1.29 is 27.6 Å². The number of methoxy groups -OCH3 is 1. The Balaban J connectivity index is 1.83. The number of ether oxygens (including phenoxy) is 1. The summed E-state index contributed by atoms with van der Waals surface area (Å²) in [5.41, 5.74) is 0.598. The molecule has 0 heterocycles. The standard InChI is InChI=1S/C26H21Cl2N3O6S/c1-3-14-10-20(28)25(38(34,35)36)21(11-14)30-31-23-17-7-5-4-6-15(17)12-18(24(23)32)26(33)29-16-8-9-22(37-2)19(27)13-16/h4-13,32H,3H2,1-2H3,(H,29,33)(H,34,35,36). The fourth-order valence-corrected chi connectivity index (χ4v) is 5.26. The van der Waals surface area contributed by atoms with E-state index in [0.29, 0.717) is 34.2 Å². The predicted octanol–water partition coefficient (Wildman–Crippen LogP) is 7.34. The average molecular weight is 574 g/mol. The Morgan fingerprint density at radius 1 is 1.03 bits per heavy atom. The van der Waals surface area contributed by atoms with Gasteiger partial charge in [0.05, 0.1) is 22.7 Å². The van der Waals surface area contributed by atoms with Crippen LogP contribution in [0.5, 0.6) is 11.5 Å². The van der Waals surface area contributed by atoms with Crippen molar-refractivity contribution in [2.75, 3.05) is 12.4 Å². The zero-order valence-electron chi connectivity index (χ0n) is 20.1. The van der Waals surface area contributed by atoms with Crippen molar-refractivity contribution in [2.45, 2.75) is 18.2 Å². The summed E-state index contributed by atoms with van der Waals surface area (Å²) >= 11 is 12.3. The second kappa shape index (κ2) is 11.0. The molecule has 38 heavy (non-hydrogen) atoms. The highest BCUT2D eigenvalue weighted by Gasteiger charge is 2.23. The number of azo groups is 1. The summed E-state index contributed by atoms with van der Waals surface area (Å²) in [7, 11) is -3.28. The smallest absolute Gasteiger partial charge is 0.298 e. The number of fused-ring (bicyclic) bond motifs is 1. The molecule has 0 bridgehead atoms. The fraction of sp³-hybridized carbons (Fsp3) is 0.115. The van der Waals surface area contributed by atoms with E-state index in [-0.39, 0.29) is 27.0 Å². The topological polar surface area (TPSA) is 138 Å². The van der Waals surface area contributed by atoms with Gasteiger partial charge < -0.3 is 15.2 Å². The van der Waals surface area contributed by atoms with Gasteiger partial charge in [-0.05, 0) is 53.8 Å². The molecule has 9 nitrogen and oxygen atoms in total. The Labute approximate surface area is 228 Å². The average Bonchev–Trinajstić information content (AvgIpc) is 2.86. The number of hydrogen-bond acceptors (Lipinski definition) is 7. The third kappa shape index (κ3) is 5.58. The van der Waals surface area contributed by atoms with Crippen LogP contribution in [0.1, 0.15) is 22.8 Å². The van der Waals surface area contributed by atoms with E-state index in [1.807, 2.05) is 6.92 Å². The number of hydrogen-bond donors (Lipinski definition) is 3. The number of amides is 1. The van der Waals surface area contributed by atoms with E-state index in [0.717, 1.165) is 0 Å². The molecule has 0 aliphatic rings. The van der Waals surface area contributed by atoms with Gasteiger partial charge in [-0.1, -0.05) is 54.4 Å². The summed E-state index contributed by atoms with van der Waals surface area (Å²) < 4.78 is 38.8. The number of anilines is 1. The highest BCUT2D eigenvalue weighted by Crippen LogP contribution is 2.41. The van der Waals surface area contributed by atoms with Gasteiger partial charge in [-0.15, -0.1) is 10.2 Å². The Morgan fingerprint density at radius 2 is 1.76 bits per heavy atom. The normalized spacial score (nSPS) is 11.7. The SMILES string of the molecule is CCc1cc(Cl)c(S(=O)(=O)O)c(N=Nc2c(O)c(C(=O)Nc3ccc(OC)c(Cl)c3)cc3ccccc23)c1. The highest BCUT2D eigenvalue weighted by atomic mass is 35.5. The second-order valence-electron chi connectivity index (χ2n) is 8.10. The molecule has 0 aliphatic heterocycles. The summed E-state index contributed by atoms with van der Waals surface area (Å²) in [5.74, 6) is -0.714. The number of aryl methyl sites for hydroxylation is 1. The van der Waals surface area contributed by atoms with E-state index in [1.165, 1.54) is 31.4 Å². The summed E-state index contributed by atoms with van der Waals surface area (Å²) in [4.78, 5) is 12.5. The van der Waals surface area contributed by atoms with Crippen LogP contribution in [-0.2, 0) is 16.5 Å². The molecule has 0 spiro atoms. The van der Waals surface area contributed by atoms with Crippen LogP contribution in [-0.4, -0.2) is 31.1 Å². The van der Waals surface area contributed by atoms with Gasteiger partial charge in [0.1, 0.15) is 22.0 Å². The lowest BCUT2D eigenvalue weighted by Crippen LogP contribution is -2.12. The highest BCUT2D eigenvalue weighted by molar-refractivity contribution is 7.86. The minimum atomic E-state index is -4.74. The molecule has 0 unspecified atom stereocenters. The van der Waals surface area contributed by atoms with Gasteiger partial charge >= 0.3 is 0 Å². The zero-order chi connectivity index (χ0) is 27.6. The van der Waals surface area contributed by atoms with Gasteiger partial charge in [0.25, 0.3) is 16.0 Å². The van der Waals surface area contributed by atoms with Crippen LogP contribution in [0.2, 0.25) is 10.0 Å². The van der Waals surface area contributed by atoms with Crippen LogP contribution >= 0.6 is 23.2 Å². The van der Waals surface area contributed by atoms with Crippen molar-refractivity contribution in [3.63, 3.8) is 0 Å². The number of rotatable bonds is 7. The van der Waals surface area contributed by atoms with Crippen molar-refractivity contribution in [3.8, 4) is 11.5 Å². The van der Waals surface area contributed by atoms with Crippen LogP contribution in [0.4, 0.5) is 17.1 Å². The van der Waals surface area contributed by atoms with Crippen molar-refractivity contribution in [3.05, 3.63) is 81.8 Å². The maximum absolute atomic E-state index is 13.1. The molecule has 4 aromatic carbocycles. The van der Waals surface area contributed by atoms with Gasteiger partial charge in [0.15, 0.2) is 5.75 Å². The van der Waals surface area contributed by atoms with E-state index >= 15 is 0 Å². The number of carbonyl (C=O) groups is 1. The molecular formula is C26H21Cl2N3O6S. The summed E-state index contributed by atoms with van der Waals surface area (Å²) in [6.45, 7) is 1.83. The number of halogens is 2. The van der Waals surface area contributed by atoms with E-state index < -0.39 is 26.7 Å². The molecule has 0 aromatic heterocycles. The number of nitrogens with one attached hydrogen (secondary N) is 1. The molecule has 0 saturated carbocycles. The third-order valence-electron chi connectivity index (χ3n) is 5.66. The molecule has 0 radical (unpaired) electrons. The largest absolute Gasteiger partial charge is 0.505 e. The molecule has 4 rings (SSSR count). The first-order valence-electron chi connectivity index (χ1n) is 11.1. The summed E-state index contributed by atoms with van der Waals surface area (Å²) in [6.07, 6.45) is 0.507. The number of benzene rings is 4. The lowest BCUT2D eigenvalue weighted by atomic mass is 10.0. The van der Waals surface area contributed by atoms with Gasteiger partial charge in [-0.25, -0.2) is 0 Å². The molecule has 0 saturated heterocycles. The maximum Gasteiger partial charge on any atom is 0.298 e. The van der Waals surface area contributed by atoms with Crippen LogP contribution < -0.4 is 10.1 Å². The number of aromatic hydroxyl groups is 1. The molecule has 3 N–H and O–H groups in total. The van der Waals surface area contributed by atoms with Crippen molar-refractivity contribution >= 4 is 67.1 Å². The molecule has 0 aliphatic carbocycles. The van der Waals surface area contributed by atoms with Crippen LogP contribution in [0, 0.1) is 0 Å². The molecular weight excluding hydrogens is 553 g/mol. The van der Waals surface area contributed by atoms with E-state index in [9.17, 15) is 22.9 Å². The van der Waals surface area contributed by atoms with E-state index in [2.05, 4.69) is 15.5 Å². The fourth-order valence-electron chi connectivity index (χ4n) is 3.81. The lowest BCUT2D eigenvalue weighted by molar-refractivity contribution is 0.102. The van der Waals surface area contributed by atoms with Gasteiger partial charge in [0, 0.05) is 11.1 Å². The first kappa shape index (κ1) is 27.3. The minimum absolute atomic E-state index is 0.0830. The van der Waals surface area contributed by atoms with E-state index in [4.69, 9.17) is 27.9 Å². The second-order valence-corrected chi connectivity index (χ2v) is 10.3. The van der Waals surface area contributed by atoms with Crippen molar-refractivity contribution in [1.82, 2.24) is 0 Å².